The van der Waals surface area contributed by atoms with Crippen LogP contribution in [0.3, 0.4) is 0 Å². The quantitative estimate of drug-likeness (QED) is 0.826. The molecule has 0 bridgehead atoms. The summed E-state index contributed by atoms with van der Waals surface area (Å²) in [5, 5.41) is 2.28. The average molecular weight is 242 g/mol. The van der Waals surface area contributed by atoms with Crippen molar-refractivity contribution in [3.63, 3.8) is 0 Å². The first-order valence-corrected chi connectivity index (χ1v) is 6.46. The largest absolute Gasteiger partial charge is 0.489 e. The zero-order valence-electron chi connectivity index (χ0n) is 10.8. The number of ether oxygens (including phenoxy) is 1. The van der Waals surface area contributed by atoms with E-state index < -0.39 is 0 Å². The van der Waals surface area contributed by atoms with Crippen LogP contribution in [0.2, 0.25) is 0 Å². The van der Waals surface area contributed by atoms with Gasteiger partial charge in [-0.05, 0) is 36.8 Å². The second-order valence-corrected chi connectivity index (χ2v) is 4.32. The van der Waals surface area contributed by atoms with Crippen LogP contribution in [0.5, 0.6) is 5.75 Å². The molecule has 0 spiro atoms. The lowest BCUT2D eigenvalue weighted by molar-refractivity contribution is -0.667. The molecule has 0 aromatic heterocycles. The summed E-state index contributed by atoms with van der Waals surface area (Å²) in [5.41, 5.74) is 2.53. The van der Waals surface area contributed by atoms with Crippen molar-refractivity contribution in [2.45, 2.75) is 20.1 Å². The van der Waals surface area contributed by atoms with Crippen molar-refractivity contribution in [2.24, 2.45) is 0 Å². The molecule has 0 aliphatic rings. The lowest BCUT2D eigenvalue weighted by Gasteiger charge is -2.07. The molecule has 0 aliphatic heterocycles. The maximum absolute atomic E-state index is 5.74. The molecule has 2 N–H and O–H groups in total. The van der Waals surface area contributed by atoms with Crippen molar-refractivity contribution in [2.75, 3.05) is 6.54 Å². The molecule has 0 unspecified atom stereocenters. The molecule has 0 saturated carbocycles. The predicted octanol–water partition coefficient (Wildman–Crippen LogP) is 2.35. The van der Waals surface area contributed by atoms with E-state index in [4.69, 9.17) is 4.74 Å². The predicted molar refractivity (Wildman–Crippen MR) is 73.4 cm³/mol. The summed E-state index contributed by atoms with van der Waals surface area (Å²) < 4.78 is 5.74. The van der Waals surface area contributed by atoms with E-state index in [1.807, 2.05) is 30.3 Å². The summed E-state index contributed by atoms with van der Waals surface area (Å²) in [6, 6.07) is 18.6. The number of hydrogen-bond acceptors (Lipinski definition) is 1. The Morgan fingerprint density at radius 2 is 1.61 bits per heavy atom. The summed E-state index contributed by atoms with van der Waals surface area (Å²) in [6.07, 6.45) is 0. The second-order valence-electron chi connectivity index (χ2n) is 4.32. The first kappa shape index (κ1) is 12.7. The van der Waals surface area contributed by atoms with Crippen LogP contribution < -0.4 is 10.1 Å². The highest BCUT2D eigenvalue weighted by molar-refractivity contribution is 5.27. The van der Waals surface area contributed by atoms with Crippen molar-refractivity contribution >= 4 is 0 Å². The molecule has 0 atom stereocenters. The van der Waals surface area contributed by atoms with Gasteiger partial charge in [-0.2, -0.15) is 0 Å². The van der Waals surface area contributed by atoms with E-state index in [1.165, 1.54) is 11.1 Å². The molecule has 0 saturated heterocycles. The Kier molecular flexibility index (Phi) is 4.79. The van der Waals surface area contributed by atoms with Gasteiger partial charge in [-0.15, -0.1) is 0 Å². The number of quaternary nitrogens is 1. The van der Waals surface area contributed by atoms with E-state index in [0.29, 0.717) is 6.61 Å². The van der Waals surface area contributed by atoms with Crippen LogP contribution in [0.4, 0.5) is 0 Å². The molecule has 94 valence electrons. The average Bonchev–Trinajstić information content (AvgIpc) is 2.45. The standard InChI is InChI=1S/C16H19NO/c1-2-17-12-14-8-10-16(11-9-14)18-13-15-6-4-3-5-7-15/h3-11,17H,2,12-13H2,1H3/p+1. The smallest absolute Gasteiger partial charge is 0.119 e. The zero-order chi connectivity index (χ0) is 12.6. The maximum Gasteiger partial charge on any atom is 0.119 e. The van der Waals surface area contributed by atoms with Crippen LogP contribution in [0.25, 0.3) is 0 Å². The van der Waals surface area contributed by atoms with E-state index >= 15 is 0 Å². The summed E-state index contributed by atoms with van der Waals surface area (Å²) in [7, 11) is 0. The molecule has 0 heterocycles. The topological polar surface area (TPSA) is 25.8 Å². The van der Waals surface area contributed by atoms with Gasteiger partial charge in [-0.3, -0.25) is 0 Å². The van der Waals surface area contributed by atoms with Gasteiger partial charge in [-0.1, -0.05) is 30.3 Å². The van der Waals surface area contributed by atoms with Crippen molar-refractivity contribution in [3.8, 4) is 5.75 Å². The van der Waals surface area contributed by atoms with Crippen LogP contribution in [-0.2, 0) is 13.2 Å². The molecule has 2 aromatic carbocycles. The van der Waals surface area contributed by atoms with Gasteiger partial charge >= 0.3 is 0 Å². The van der Waals surface area contributed by atoms with E-state index in [2.05, 4.69) is 36.5 Å². The Bertz CT molecular complexity index is 450. The molecule has 0 amide bonds. The van der Waals surface area contributed by atoms with Crippen LogP contribution in [0.15, 0.2) is 54.6 Å². The molecule has 2 nitrogen and oxygen atoms in total. The van der Waals surface area contributed by atoms with Crippen LogP contribution in [0, 0.1) is 0 Å². The van der Waals surface area contributed by atoms with E-state index in [0.717, 1.165) is 18.8 Å². The zero-order valence-corrected chi connectivity index (χ0v) is 10.8. The Labute approximate surface area is 109 Å². The Hall–Kier alpha value is -1.80. The molecule has 2 rings (SSSR count). The van der Waals surface area contributed by atoms with Crippen LogP contribution in [0.1, 0.15) is 18.1 Å². The third kappa shape index (κ3) is 3.90. The van der Waals surface area contributed by atoms with Crippen LogP contribution >= 0.6 is 0 Å². The lowest BCUT2D eigenvalue weighted by atomic mass is 10.2. The lowest BCUT2D eigenvalue weighted by Crippen LogP contribution is -2.81. The first-order chi connectivity index (χ1) is 8.88. The Morgan fingerprint density at radius 3 is 2.28 bits per heavy atom. The van der Waals surface area contributed by atoms with Crippen molar-refractivity contribution in [3.05, 3.63) is 65.7 Å². The van der Waals surface area contributed by atoms with Gasteiger partial charge in [0.05, 0.1) is 6.54 Å². The highest BCUT2D eigenvalue weighted by Crippen LogP contribution is 2.13. The number of benzene rings is 2. The fraction of sp³-hybridized carbons (Fsp3) is 0.250. The minimum atomic E-state index is 0.626. The molecular formula is C16H20NO+. The normalized spacial score (nSPS) is 10.3. The van der Waals surface area contributed by atoms with E-state index in [9.17, 15) is 0 Å². The van der Waals surface area contributed by atoms with Gasteiger partial charge in [0.1, 0.15) is 18.9 Å². The third-order valence-electron chi connectivity index (χ3n) is 2.84. The molecule has 0 aliphatic carbocycles. The molecule has 2 aromatic rings. The Balaban J connectivity index is 1.86. The van der Waals surface area contributed by atoms with Crippen molar-refractivity contribution in [1.82, 2.24) is 0 Å². The maximum atomic E-state index is 5.74. The van der Waals surface area contributed by atoms with Gasteiger partial charge in [0.2, 0.25) is 0 Å². The fourth-order valence-corrected chi connectivity index (χ4v) is 1.77. The highest BCUT2D eigenvalue weighted by atomic mass is 16.5. The molecule has 18 heavy (non-hydrogen) atoms. The summed E-state index contributed by atoms with van der Waals surface area (Å²) >= 11 is 0. The molecule has 0 fully saturated rings. The highest BCUT2D eigenvalue weighted by Gasteiger charge is 1.97. The third-order valence-corrected chi connectivity index (χ3v) is 2.84. The minimum absolute atomic E-state index is 0.626. The number of rotatable bonds is 6. The fourth-order valence-electron chi connectivity index (χ4n) is 1.77. The molecule has 2 heteroatoms. The number of hydrogen-bond donors (Lipinski definition) is 1. The van der Waals surface area contributed by atoms with Gasteiger partial charge in [0, 0.05) is 5.56 Å². The number of nitrogens with two attached hydrogens (primary N) is 1. The second kappa shape index (κ2) is 6.82. The van der Waals surface area contributed by atoms with Gasteiger partial charge < -0.3 is 10.1 Å². The summed E-state index contributed by atoms with van der Waals surface area (Å²) in [5.74, 6) is 0.930. The monoisotopic (exact) mass is 242 g/mol. The molecule has 0 radical (unpaired) electrons. The summed E-state index contributed by atoms with van der Waals surface area (Å²) in [6.45, 7) is 4.94. The Morgan fingerprint density at radius 1 is 0.889 bits per heavy atom. The van der Waals surface area contributed by atoms with Gasteiger partial charge in [-0.25, -0.2) is 0 Å². The molecular weight excluding hydrogens is 222 g/mol. The van der Waals surface area contributed by atoms with Crippen molar-refractivity contribution in [1.29, 1.82) is 0 Å². The minimum Gasteiger partial charge on any atom is -0.489 e. The van der Waals surface area contributed by atoms with E-state index in [-0.39, 0.29) is 0 Å². The van der Waals surface area contributed by atoms with Gasteiger partial charge in [0.25, 0.3) is 0 Å². The van der Waals surface area contributed by atoms with Crippen LogP contribution in [-0.4, -0.2) is 6.54 Å². The van der Waals surface area contributed by atoms with Crippen molar-refractivity contribution < 1.29 is 10.1 Å². The SMILES string of the molecule is CC[NH2+]Cc1ccc(OCc2ccccc2)cc1. The first-order valence-electron chi connectivity index (χ1n) is 6.46. The van der Waals surface area contributed by atoms with E-state index in [1.54, 1.807) is 0 Å². The van der Waals surface area contributed by atoms with Gasteiger partial charge in [0.15, 0.2) is 0 Å². The summed E-state index contributed by atoms with van der Waals surface area (Å²) in [4.78, 5) is 0.